The van der Waals surface area contributed by atoms with Crippen molar-refractivity contribution >= 4 is 90.3 Å². The van der Waals surface area contributed by atoms with Gasteiger partial charge in [-0.05, 0) is 182 Å². The molecular weight excluding hydrogens is 1650 g/mol. The number of aromatic nitrogens is 8. The SMILES string of the molecule is CCC[C@H](CO)Nc1nc(N2CCC(c3ccc(C)cc3)CC2)nc2c1S(=O)CC2.Cc1ccc(C2CCN(c3nc4c(c(NC5(CO)CC5)n3)S(=O)CC4)CC2)cc1.Cc1ccc(C2CCN(c3nc4c(c(N[C@@H](CO)C(C)C)n3)S(=O)CC4)CC2)cc1.Cc1ccc(C2CCN(c3nc4c(c(N[C@H](c5ccc(F)cc5)C(C)(C)O)n3)S(=O)CC4)CC2)cc1. The molecule has 8 aliphatic heterocycles. The number of halogens is 1. The fourth-order valence-electron chi connectivity index (χ4n) is 18.2. The number of anilines is 8. The van der Waals surface area contributed by atoms with Crippen molar-refractivity contribution in [3.8, 4) is 0 Å². The topological polar surface area (TPSA) is 313 Å². The minimum atomic E-state index is -1.21. The summed E-state index contributed by atoms with van der Waals surface area (Å²) in [6, 6.07) is 40.7. The molecule has 4 aromatic heterocycles. The van der Waals surface area contributed by atoms with Gasteiger partial charge in [-0.25, -0.2) is 24.3 Å². The number of hydrogen-bond acceptors (Lipinski definition) is 24. The van der Waals surface area contributed by atoms with Gasteiger partial charge >= 0.3 is 0 Å². The Balaban J connectivity index is 0.000000129. The number of rotatable bonds is 24. The minimum Gasteiger partial charge on any atom is -0.394 e. The van der Waals surface area contributed by atoms with Crippen molar-refractivity contribution in [3.05, 3.63) is 200 Å². The zero-order chi connectivity index (χ0) is 87.8. The number of aliphatic hydroxyl groups excluding tert-OH is 3. The quantitative estimate of drug-likeness (QED) is 0.0279. The summed E-state index contributed by atoms with van der Waals surface area (Å²) in [5, 5.41) is 53.6. The first-order valence-electron chi connectivity index (χ1n) is 45.1. The number of nitrogens with zero attached hydrogens (tertiary/aromatic N) is 12. The van der Waals surface area contributed by atoms with E-state index in [-0.39, 0.29) is 49.2 Å². The standard InChI is InChI=1S/C28H33FN4O2S.2C23H32N4O2S.C22H28N4O2S/c1-18-4-6-19(7-5-18)20-12-15-33(16-13-20)27-30-23-14-17-36(35)24(23)26(32-27)31-25(28(2,3)34)21-8-10-22(29)11-9-21;1-15(2)20(14-28)24-22-21-19(10-13-30(21)29)25-23(26-22)27-11-8-18(9-12-27)17-6-4-16(3)5-7-17;1-3-4-19(15-28)24-22-21-20(11-14-30(21)29)25-23(26-22)27-12-9-18(10-13-27)17-7-5-16(2)6-8-17;1-15-2-4-16(5-3-15)17-6-11-26(12-7-17)21-23-18-8-13-29(28)19(18)20(24-21)25-22(14-27)9-10-22/h4-11,20,25,34H,12-17H2,1-3H3,(H,30,31,32);4-7,15,18,20,28H,8-14H2,1-3H3,(H,24,25,26);5-8,18-19,28H,3-4,9-15H2,1-2H3,(H,24,25,26);2-5,17,27H,6-14H2,1H3,(H,23,24,25)/t25-,36?;20-,30?;19-,30?;/m101./s1. The van der Waals surface area contributed by atoms with E-state index in [0.29, 0.717) is 87.2 Å². The molecule has 29 heteroatoms. The second-order valence-electron chi connectivity index (χ2n) is 36.3. The number of benzene rings is 5. The van der Waals surface area contributed by atoms with E-state index in [0.717, 1.165) is 210 Å². The number of piperidine rings is 4. The van der Waals surface area contributed by atoms with Crippen LogP contribution in [0.15, 0.2) is 141 Å². The lowest BCUT2D eigenvalue weighted by Crippen LogP contribution is -2.36. The van der Waals surface area contributed by atoms with Crippen LogP contribution in [0.3, 0.4) is 0 Å². The molecule has 8 N–H and O–H groups in total. The van der Waals surface area contributed by atoms with Crippen LogP contribution in [-0.4, -0.2) is 196 Å². The maximum atomic E-state index is 13.6. The molecule has 1 saturated carbocycles. The summed E-state index contributed by atoms with van der Waals surface area (Å²) in [5.74, 6) is 9.74. The first kappa shape index (κ1) is 91.0. The van der Waals surface area contributed by atoms with Crippen LogP contribution in [0.25, 0.3) is 0 Å². The predicted molar refractivity (Wildman–Crippen MR) is 500 cm³/mol. The number of aliphatic hydroxyl groups is 4. The summed E-state index contributed by atoms with van der Waals surface area (Å²) in [6.07, 6.45) is 15.0. The summed E-state index contributed by atoms with van der Waals surface area (Å²) in [6.45, 7) is 25.4. The van der Waals surface area contributed by atoms with Gasteiger partial charge in [0.05, 0.1) is 115 Å². The van der Waals surface area contributed by atoms with Gasteiger partial charge in [-0.1, -0.05) is 159 Å². The molecule has 1 aliphatic carbocycles. The van der Waals surface area contributed by atoms with Crippen LogP contribution in [0.4, 0.5) is 51.5 Å². The third-order valence-corrected chi connectivity index (χ3v) is 32.1. The van der Waals surface area contributed by atoms with Gasteiger partial charge in [0.15, 0.2) is 0 Å². The Kier molecular flexibility index (Phi) is 29.6. The molecule has 7 atom stereocenters. The van der Waals surface area contributed by atoms with Gasteiger partial charge in [0, 0.05) is 101 Å². The highest BCUT2D eigenvalue weighted by atomic mass is 32.2. The van der Waals surface area contributed by atoms with E-state index in [1.165, 1.54) is 56.6 Å². The smallest absolute Gasteiger partial charge is 0.227 e. The van der Waals surface area contributed by atoms with Crippen LogP contribution in [0.2, 0.25) is 0 Å². The molecule has 4 unspecified atom stereocenters. The van der Waals surface area contributed by atoms with Gasteiger partial charge in [0.25, 0.3) is 0 Å². The van der Waals surface area contributed by atoms with E-state index in [9.17, 15) is 41.7 Å². The number of hydrogen-bond donors (Lipinski definition) is 8. The summed E-state index contributed by atoms with van der Waals surface area (Å²) < 4.78 is 64.0. The van der Waals surface area contributed by atoms with E-state index in [2.05, 4.69) is 186 Å². The Bertz CT molecular complexity index is 5290. The van der Waals surface area contributed by atoms with E-state index < -0.39 is 54.8 Å². The molecule has 0 radical (unpaired) electrons. The molecular formula is C96H125FN16O8S4. The third kappa shape index (κ3) is 22.0. The van der Waals surface area contributed by atoms with Crippen molar-refractivity contribution in [1.29, 1.82) is 0 Å². The first-order valence-corrected chi connectivity index (χ1v) is 50.4. The van der Waals surface area contributed by atoms with E-state index in [1.807, 2.05) is 0 Å². The Morgan fingerprint density at radius 1 is 0.432 bits per heavy atom. The fourth-order valence-corrected chi connectivity index (χ4v) is 23.5. The molecule has 125 heavy (non-hydrogen) atoms. The largest absolute Gasteiger partial charge is 0.394 e. The third-order valence-electron chi connectivity index (χ3n) is 26.3. The monoisotopic (exact) mass is 1780 g/mol. The summed E-state index contributed by atoms with van der Waals surface area (Å²) in [4.78, 5) is 50.3. The van der Waals surface area contributed by atoms with Crippen molar-refractivity contribution < 1.29 is 41.7 Å². The lowest BCUT2D eigenvalue weighted by Gasteiger charge is -2.34. The maximum Gasteiger partial charge on any atom is 0.227 e. The second-order valence-corrected chi connectivity index (χ2v) is 42.3. The van der Waals surface area contributed by atoms with Crippen molar-refractivity contribution in [1.82, 2.24) is 39.9 Å². The molecule has 0 bridgehead atoms. The Morgan fingerprint density at radius 3 is 1.02 bits per heavy atom. The minimum absolute atomic E-state index is 0.0142. The molecule has 5 aromatic carbocycles. The van der Waals surface area contributed by atoms with Crippen LogP contribution in [0, 0.1) is 39.4 Å². The zero-order valence-electron chi connectivity index (χ0n) is 73.9. The van der Waals surface area contributed by atoms with Gasteiger partial charge in [-0.15, -0.1) is 0 Å². The summed E-state index contributed by atoms with van der Waals surface area (Å²) >= 11 is 0. The van der Waals surface area contributed by atoms with Crippen LogP contribution < -0.4 is 40.9 Å². The number of nitrogens with one attached hydrogen (secondary N) is 4. The Hall–Kier alpha value is -8.81. The average molecular weight is 1780 g/mol. The zero-order valence-corrected chi connectivity index (χ0v) is 77.2. The maximum absolute atomic E-state index is 13.6. The summed E-state index contributed by atoms with van der Waals surface area (Å²) in [5.41, 5.74) is 13.5. The highest BCUT2D eigenvalue weighted by molar-refractivity contribution is 7.86. The normalized spacial score (nSPS) is 20.7. The molecule has 668 valence electrons. The van der Waals surface area contributed by atoms with E-state index in [1.54, 1.807) is 26.0 Å². The lowest BCUT2D eigenvalue weighted by atomic mass is 9.89. The lowest BCUT2D eigenvalue weighted by molar-refractivity contribution is 0.0586. The molecule has 0 spiro atoms. The summed E-state index contributed by atoms with van der Waals surface area (Å²) in [7, 11) is -4.40. The molecule has 18 rings (SSSR count). The van der Waals surface area contributed by atoms with Gasteiger partial charge < -0.3 is 61.3 Å². The van der Waals surface area contributed by atoms with Crippen molar-refractivity contribution in [2.24, 2.45) is 5.92 Å². The molecule has 24 nitrogen and oxygen atoms in total. The molecule has 12 heterocycles. The number of fused-ring (bicyclic) bond motifs is 4. The molecule has 9 aliphatic rings. The van der Waals surface area contributed by atoms with Crippen LogP contribution in [0.5, 0.6) is 0 Å². The molecule has 5 fully saturated rings. The predicted octanol–water partition coefficient (Wildman–Crippen LogP) is 14.3. The van der Waals surface area contributed by atoms with Crippen molar-refractivity contribution in [2.75, 3.05) is 136 Å². The number of aryl methyl sites for hydroxylation is 8. The average Bonchev–Trinajstić information content (AvgIpc) is 1.61. The molecule has 9 aromatic rings. The molecule has 4 saturated heterocycles. The van der Waals surface area contributed by atoms with E-state index >= 15 is 0 Å². The Labute approximate surface area is 746 Å². The van der Waals surface area contributed by atoms with Crippen molar-refractivity contribution in [3.63, 3.8) is 0 Å². The fraction of sp³-hybridized carbons (Fsp3) is 0.521. The second kappa shape index (κ2) is 40.7. The first-order chi connectivity index (χ1) is 60.3. The van der Waals surface area contributed by atoms with Gasteiger partial charge in [-0.3, -0.25) is 16.8 Å². The van der Waals surface area contributed by atoms with Crippen LogP contribution in [0.1, 0.15) is 214 Å². The van der Waals surface area contributed by atoms with Crippen LogP contribution in [-0.2, 0) is 68.9 Å². The van der Waals surface area contributed by atoms with Gasteiger partial charge in [0.2, 0.25) is 23.8 Å². The van der Waals surface area contributed by atoms with Crippen LogP contribution >= 0.6 is 0 Å². The van der Waals surface area contributed by atoms with Gasteiger partial charge in [-0.2, -0.15) is 19.9 Å². The highest BCUT2D eigenvalue weighted by Gasteiger charge is 2.45. The van der Waals surface area contributed by atoms with Gasteiger partial charge in [0.1, 0.15) is 48.7 Å². The Morgan fingerprint density at radius 2 is 0.736 bits per heavy atom. The van der Waals surface area contributed by atoms with E-state index in [4.69, 9.17) is 39.9 Å². The van der Waals surface area contributed by atoms with Crippen molar-refractivity contribution in [2.45, 2.75) is 238 Å². The molecule has 0 amide bonds. The highest BCUT2D eigenvalue weighted by Crippen LogP contribution is 2.44.